The largest absolute Gasteiger partial charge is 0.454 e. The van der Waals surface area contributed by atoms with Crippen molar-refractivity contribution in [3.8, 4) is 11.3 Å². The van der Waals surface area contributed by atoms with E-state index in [4.69, 9.17) is 16.3 Å². The van der Waals surface area contributed by atoms with Crippen LogP contribution in [0.4, 0.5) is 11.5 Å². The molecule has 3 rings (SSSR count). The molecule has 0 atom stereocenters. The molecule has 10 heteroatoms. The molecular formula is C19H18ClN5O3S. The monoisotopic (exact) mass is 431 g/mol. The number of hydrogen-bond acceptors (Lipinski definition) is 8. The Morgan fingerprint density at radius 3 is 2.76 bits per heavy atom. The van der Waals surface area contributed by atoms with E-state index in [0.717, 1.165) is 16.3 Å². The maximum absolute atomic E-state index is 12.1. The third-order valence-electron chi connectivity index (χ3n) is 3.80. The number of hydrogen-bond donors (Lipinski definition) is 1. The van der Waals surface area contributed by atoms with E-state index in [1.54, 1.807) is 41.5 Å². The maximum Gasteiger partial charge on any atom is 0.326 e. The minimum Gasteiger partial charge on any atom is -0.454 e. The lowest BCUT2D eigenvalue weighted by Gasteiger charge is -2.16. The predicted octanol–water partition coefficient (Wildman–Crippen LogP) is 3.18. The summed E-state index contributed by atoms with van der Waals surface area (Å²) in [5, 5.41) is 13.5. The van der Waals surface area contributed by atoms with Crippen LogP contribution in [-0.4, -0.2) is 47.3 Å². The van der Waals surface area contributed by atoms with E-state index >= 15 is 0 Å². The van der Waals surface area contributed by atoms with Gasteiger partial charge in [-0.3, -0.25) is 9.59 Å². The Balaban J connectivity index is 1.49. The summed E-state index contributed by atoms with van der Waals surface area (Å²) in [6.07, 6.45) is 0. The third-order valence-corrected chi connectivity index (χ3v) is 4.78. The molecule has 3 aromatic rings. The molecule has 0 bridgehead atoms. The number of carbonyl (C=O) groups is 2. The molecule has 8 nitrogen and oxygen atoms in total. The van der Waals surface area contributed by atoms with Gasteiger partial charge in [-0.2, -0.15) is 0 Å². The van der Waals surface area contributed by atoms with Gasteiger partial charge in [0.1, 0.15) is 6.54 Å². The zero-order chi connectivity index (χ0) is 20.8. The van der Waals surface area contributed by atoms with Gasteiger partial charge in [0.15, 0.2) is 17.6 Å². The number of ether oxygens (including phenoxy) is 1. The van der Waals surface area contributed by atoms with E-state index in [9.17, 15) is 9.59 Å². The van der Waals surface area contributed by atoms with Gasteiger partial charge in [-0.1, -0.05) is 23.7 Å². The Bertz CT molecular complexity index is 1010. The number of thiazole rings is 1. The van der Waals surface area contributed by atoms with Gasteiger partial charge in [-0.05, 0) is 31.2 Å². The summed E-state index contributed by atoms with van der Waals surface area (Å²) in [5.74, 6) is -0.533. The van der Waals surface area contributed by atoms with Gasteiger partial charge in [0, 0.05) is 23.7 Å². The average Bonchev–Trinajstić information content (AvgIpc) is 3.13. The first kappa shape index (κ1) is 20.7. The van der Waals surface area contributed by atoms with Crippen LogP contribution in [0, 0.1) is 6.92 Å². The van der Waals surface area contributed by atoms with Crippen molar-refractivity contribution < 1.29 is 14.3 Å². The molecular weight excluding hydrogens is 414 g/mol. The number of nitrogens with one attached hydrogen (secondary N) is 1. The molecule has 150 valence electrons. The summed E-state index contributed by atoms with van der Waals surface area (Å²) in [7, 11) is 1.66. The molecule has 0 radical (unpaired) electrons. The molecule has 1 N–H and O–H groups in total. The van der Waals surface area contributed by atoms with Gasteiger partial charge in [-0.15, -0.1) is 21.5 Å². The molecule has 1 amide bonds. The Morgan fingerprint density at radius 2 is 2.07 bits per heavy atom. The minimum absolute atomic E-state index is 0.0811. The fourth-order valence-corrected chi connectivity index (χ4v) is 3.15. The number of carbonyl (C=O) groups excluding carboxylic acids is 2. The highest BCUT2D eigenvalue weighted by molar-refractivity contribution is 7.09. The van der Waals surface area contributed by atoms with E-state index < -0.39 is 11.9 Å². The Hall–Kier alpha value is -3.04. The number of rotatable bonds is 7. The number of benzene rings is 1. The average molecular weight is 432 g/mol. The molecule has 0 fully saturated rings. The number of nitrogens with zero attached hydrogens (tertiary/aromatic N) is 4. The van der Waals surface area contributed by atoms with Crippen molar-refractivity contribution in [3.05, 3.63) is 51.9 Å². The van der Waals surface area contributed by atoms with Gasteiger partial charge < -0.3 is 15.0 Å². The van der Waals surface area contributed by atoms with Crippen LogP contribution in [0.1, 0.15) is 5.01 Å². The lowest BCUT2D eigenvalue weighted by molar-refractivity contribution is -0.145. The number of esters is 1. The number of likely N-dealkylation sites (N-methyl/N-ethyl adjacent to an activating group) is 1. The van der Waals surface area contributed by atoms with Crippen molar-refractivity contribution in [2.45, 2.75) is 6.92 Å². The van der Waals surface area contributed by atoms with Crippen molar-refractivity contribution in [3.63, 3.8) is 0 Å². The molecule has 0 saturated heterocycles. The molecule has 0 saturated carbocycles. The summed E-state index contributed by atoms with van der Waals surface area (Å²) in [6.45, 7) is 1.46. The van der Waals surface area contributed by atoms with Crippen LogP contribution in [0.25, 0.3) is 11.3 Å². The fraction of sp³-hybridized carbons (Fsp3) is 0.211. The number of halogens is 1. The third kappa shape index (κ3) is 5.97. The number of amides is 1. The summed E-state index contributed by atoms with van der Waals surface area (Å²) >= 11 is 7.25. The lowest BCUT2D eigenvalue weighted by atomic mass is 10.1. The minimum atomic E-state index is -0.564. The molecule has 0 aliphatic rings. The highest BCUT2D eigenvalue weighted by Gasteiger charge is 2.13. The Labute approximate surface area is 176 Å². The zero-order valence-electron chi connectivity index (χ0n) is 15.8. The first-order valence-electron chi connectivity index (χ1n) is 8.59. The first-order chi connectivity index (χ1) is 13.9. The van der Waals surface area contributed by atoms with E-state index in [1.165, 1.54) is 0 Å². The molecule has 2 aromatic heterocycles. The SMILES string of the molecule is Cc1nc(-c2cccc(NC(=O)COC(=O)CN(C)c3ccc(Cl)nn3)c2)cs1. The van der Waals surface area contributed by atoms with Gasteiger partial charge >= 0.3 is 5.97 Å². The molecule has 0 unspecified atom stereocenters. The summed E-state index contributed by atoms with van der Waals surface area (Å²) in [5.41, 5.74) is 2.35. The second-order valence-corrected chi connectivity index (χ2v) is 7.56. The summed E-state index contributed by atoms with van der Waals surface area (Å²) < 4.78 is 5.03. The first-order valence-corrected chi connectivity index (χ1v) is 9.85. The van der Waals surface area contributed by atoms with Crippen molar-refractivity contribution in [2.75, 3.05) is 30.4 Å². The van der Waals surface area contributed by atoms with Crippen molar-refractivity contribution >= 4 is 46.3 Å². The van der Waals surface area contributed by atoms with Crippen molar-refractivity contribution in [1.82, 2.24) is 15.2 Å². The van der Waals surface area contributed by atoms with Crippen LogP contribution < -0.4 is 10.2 Å². The summed E-state index contributed by atoms with van der Waals surface area (Å²) in [6, 6.07) is 10.5. The lowest BCUT2D eigenvalue weighted by Crippen LogP contribution is -2.30. The maximum atomic E-state index is 12.1. The van der Waals surface area contributed by atoms with Gasteiger partial charge in [0.2, 0.25) is 0 Å². The molecule has 0 aliphatic heterocycles. The summed E-state index contributed by atoms with van der Waals surface area (Å²) in [4.78, 5) is 30.1. The molecule has 1 aromatic carbocycles. The van der Waals surface area contributed by atoms with Crippen molar-refractivity contribution in [1.29, 1.82) is 0 Å². The van der Waals surface area contributed by atoms with Crippen LogP contribution in [0.2, 0.25) is 5.15 Å². The number of anilines is 2. The molecule has 2 heterocycles. The zero-order valence-corrected chi connectivity index (χ0v) is 17.3. The van der Waals surface area contributed by atoms with Crippen LogP contribution in [-0.2, 0) is 14.3 Å². The topological polar surface area (TPSA) is 97.3 Å². The van der Waals surface area contributed by atoms with Crippen LogP contribution >= 0.6 is 22.9 Å². The Kier molecular flexibility index (Phi) is 6.73. The van der Waals surface area contributed by atoms with E-state index in [2.05, 4.69) is 20.5 Å². The smallest absolute Gasteiger partial charge is 0.326 e. The van der Waals surface area contributed by atoms with E-state index in [0.29, 0.717) is 11.5 Å². The van der Waals surface area contributed by atoms with Gasteiger partial charge in [0.25, 0.3) is 5.91 Å². The predicted molar refractivity (Wildman–Crippen MR) is 112 cm³/mol. The second-order valence-electron chi connectivity index (χ2n) is 6.11. The normalized spacial score (nSPS) is 10.4. The number of aromatic nitrogens is 3. The molecule has 0 spiro atoms. The van der Waals surface area contributed by atoms with Crippen LogP contribution in [0.15, 0.2) is 41.8 Å². The quantitative estimate of drug-likeness (QED) is 0.573. The fourth-order valence-electron chi connectivity index (χ4n) is 2.43. The Morgan fingerprint density at radius 1 is 1.24 bits per heavy atom. The highest BCUT2D eigenvalue weighted by Crippen LogP contribution is 2.24. The second kappa shape index (κ2) is 9.44. The van der Waals surface area contributed by atoms with Gasteiger partial charge in [0.05, 0.1) is 10.7 Å². The highest BCUT2D eigenvalue weighted by atomic mass is 35.5. The van der Waals surface area contributed by atoms with Gasteiger partial charge in [-0.25, -0.2) is 4.98 Å². The standard InChI is InChI=1S/C19H18ClN5O3S/c1-12-21-15(11-29-12)13-4-3-5-14(8-13)22-18(26)10-28-19(27)9-25(2)17-7-6-16(20)23-24-17/h3-8,11H,9-10H2,1-2H3,(H,22,26). The number of aryl methyl sites for hydroxylation is 1. The van der Waals surface area contributed by atoms with Crippen LogP contribution in [0.5, 0.6) is 0 Å². The molecule has 0 aliphatic carbocycles. The molecule has 29 heavy (non-hydrogen) atoms. The van der Waals surface area contributed by atoms with E-state index in [-0.39, 0.29) is 18.3 Å². The van der Waals surface area contributed by atoms with Crippen LogP contribution in [0.3, 0.4) is 0 Å². The van der Waals surface area contributed by atoms with E-state index in [1.807, 2.05) is 30.5 Å². The van der Waals surface area contributed by atoms with Crippen molar-refractivity contribution in [2.24, 2.45) is 0 Å².